The van der Waals surface area contributed by atoms with E-state index in [1.807, 2.05) is 18.2 Å². The molecule has 4 N–H and O–H groups in total. The van der Waals surface area contributed by atoms with E-state index in [9.17, 15) is 0 Å². The van der Waals surface area contributed by atoms with Gasteiger partial charge in [-0.1, -0.05) is 25.3 Å². The van der Waals surface area contributed by atoms with Gasteiger partial charge in [0.15, 0.2) is 17.5 Å². The van der Waals surface area contributed by atoms with Gasteiger partial charge in [0.25, 0.3) is 0 Å². The molecule has 0 bridgehead atoms. The Balaban J connectivity index is 1.92. The fraction of sp³-hybridized carbons (Fsp3) is 0.588. The summed E-state index contributed by atoms with van der Waals surface area (Å²) >= 11 is 0. The Kier molecular flexibility index (Phi) is 7.00. The van der Waals surface area contributed by atoms with E-state index < -0.39 is 0 Å². The largest absolute Gasteiger partial charge is 0.493 e. The molecule has 0 heterocycles. The molecular formula is C17H27N3O3. The van der Waals surface area contributed by atoms with Crippen molar-refractivity contribution in [2.75, 3.05) is 20.3 Å². The molecule has 0 aliphatic heterocycles. The van der Waals surface area contributed by atoms with Crippen LogP contribution in [0, 0.1) is 0 Å². The molecule has 1 fully saturated rings. The molecule has 23 heavy (non-hydrogen) atoms. The van der Waals surface area contributed by atoms with Crippen LogP contribution in [-0.2, 0) is 6.54 Å². The number of nitrogens with two attached hydrogens (primary N) is 1. The molecule has 1 aromatic carbocycles. The van der Waals surface area contributed by atoms with E-state index in [0.717, 1.165) is 5.56 Å². The molecule has 0 aromatic heterocycles. The average Bonchev–Trinajstić information content (AvgIpc) is 2.59. The van der Waals surface area contributed by atoms with Gasteiger partial charge in [0.05, 0.1) is 20.3 Å². The van der Waals surface area contributed by atoms with Gasteiger partial charge in [0.1, 0.15) is 6.61 Å². The summed E-state index contributed by atoms with van der Waals surface area (Å²) in [5.41, 5.74) is 6.97. The van der Waals surface area contributed by atoms with Gasteiger partial charge in [-0.25, -0.2) is 4.99 Å². The van der Waals surface area contributed by atoms with Gasteiger partial charge in [0, 0.05) is 6.04 Å². The molecule has 6 nitrogen and oxygen atoms in total. The van der Waals surface area contributed by atoms with E-state index >= 15 is 0 Å². The van der Waals surface area contributed by atoms with Crippen molar-refractivity contribution < 1.29 is 14.6 Å². The fourth-order valence-corrected chi connectivity index (χ4v) is 2.76. The van der Waals surface area contributed by atoms with Crippen LogP contribution in [0.2, 0.25) is 0 Å². The Bertz CT molecular complexity index is 514. The molecular weight excluding hydrogens is 294 g/mol. The Labute approximate surface area is 137 Å². The summed E-state index contributed by atoms with van der Waals surface area (Å²) in [5.74, 6) is 1.74. The molecule has 0 unspecified atom stereocenters. The zero-order valence-electron chi connectivity index (χ0n) is 13.8. The van der Waals surface area contributed by atoms with Gasteiger partial charge in [-0.2, -0.15) is 0 Å². The Morgan fingerprint density at radius 3 is 2.78 bits per heavy atom. The van der Waals surface area contributed by atoms with Gasteiger partial charge in [-0.3, -0.25) is 0 Å². The van der Waals surface area contributed by atoms with Crippen LogP contribution in [0.4, 0.5) is 0 Å². The summed E-state index contributed by atoms with van der Waals surface area (Å²) in [6.45, 7) is 0.701. The number of rotatable bonds is 7. The predicted molar refractivity (Wildman–Crippen MR) is 90.9 cm³/mol. The number of nitrogens with one attached hydrogen (secondary N) is 1. The predicted octanol–water partition coefficient (Wildman–Crippen LogP) is 1.80. The first-order chi connectivity index (χ1) is 11.2. The molecule has 0 radical (unpaired) electrons. The number of aliphatic hydroxyl groups excluding tert-OH is 1. The maximum Gasteiger partial charge on any atom is 0.189 e. The number of hydrogen-bond acceptors (Lipinski definition) is 4. The highest BCUT2D eigenvalue weighted by atomic mass is 16.5. The Morgan fingerprint density at radius 2 is 2.09 bits per heavy atom. The van der Waals surface area contributed by atoms with Crippen LogP contribution in [-0.4, -0.2) is 37.4 Å². The van der Waals surface area contributed by atoms with E-state index in [2.05, 4.69) is 10.3 Å². The summed E-state index contributed by atoms with van der Waals surface area (Å²) in [5, 5.41) is 12.1. The molecule has 1 saturated carbocycles. The smallest absolute Gasteiger partial charge is 0.189 e. The van der Waals surface area contributed by atoms with Crippen molar-refractivity contribution in [3.05, 3.63) is 23.8 Å². The standard InChI is InChI=1S/C17H27N3O3/c1-22-16-11-13(7-8-15(16)23-10-9-21)12-19-17(18)20-14-5-3-2-4-6-14/h7-8,11,14,21H,2-6,9-10,12H2,1H3,(H3,18,19,20). The van der Waals surface area contributed by atoms with Crippen LogP contribution in [0.1, 0.15) is 37.7 Å². The first-order valence-corrected chi connectivity index (χ1v) is 8.20. The van der Waals surface area contributed by atoms with E-state index in [1.165, 1.54) is 32.1 Å². The summed E-state index contributed by atoms with van der Waals surface area (Å²) in [6, 6.07) is 6.08. The minimum absolute atomic E-state index is 0.0292. The number of aliphatic imine (C=N–C) groups is 1. The van der Waals surface area contributed by atoms with Crippen molar-refractivity contribution in [3.8, 4) is 11.5 Å². The number of aliphatic hydroxyl groups is 1. The van der Waals surface area contributed by atoms with E-state index in [1.54, 1.807) is 7.11 Å². The van der Waals surface area contributed by atoms with Crippen LogP contribution in [0.5, 0.6) is 11.5 Å². The third-order valence-electron chi connectivity index (χ3n) is 3.97. The molecule has 0 spiro atoms. The number of guanidine groups is 1. The van der Waals surface area contributed by atoms with Crippen molar-refractivity contribution in [1.82, 2.24) is 5.32 Å². The number of hydrogen-bond donors (Lipinski definition) is 3. The number of ether oxygens (including phenoxy) is 2. The normalized spacial score (nSPS) is 16.2. The van der Waals surface area contributed by atoms with Crippen LogP contribution >= 0.6 is 0 Å². The molecule has 1 aromatic rings. The first-order valence-electron chi connectivity index (χ1n) is 8.20. The molecule has 0 atom stereocenters. The van der Waals surface area contributed by atoms with E-state index in [4.69, 9.17) is 20.3 Å². The zero-order valence-corrected chi connectivity index (χ0v) is 13.8. The fourth-order valence-electron chi connectivity index (χ4n) is 2.76. The molecule has 0 saturated heterocycles. The van der Waals surface area contributed by atoms with Crippen molar-refractivity contribution in [3.63, 3.8) is 0 Å². The molecule has 1 aliphatic rings. The zero-order chi connectivity index (χ0) is 16.5. The monoisotopic (exact) mass is 321 g/mol. The quantitative estimate of drug-likeness (QED) is 0.526. The minimum atomic E-state index is -0.0292. The number of benzene rings is 1. The highest BCUT2D eigenvalue weighted by Gasteiger charge is 2.13. The van der Waals surface area contributed by atoms with Crippen molar-refractivity contribution in [2.45, 2.75) is 44.7 Å². The van der Waals surface area contributed by atoms with Gasteiger partial charge in [-0.05, 0) is 30.5 Å². The van der Waals surface area contributed by atoms with Gasteiger partial charge in [0.2, 0.25) is 0 Å². The van der Waals surface area contributed by atoms with Crippen LogP contribution in [0.25, 0.3) is 0 Å². The number of methoxy groups -OCH3 is 1. The summed E-state index contributed by atoms with van der Waals surface area (Å²) in [6.07, 6.45) is 6.18. The SMILES string of the molecule is COc1cc(CN=C(N)NC2CCCCC2)ccc1OCCO. The van der Waals surface area contributed by atoms with Crippen LogP contribution in [0.15, 0.2) is 23.2 Å². The summed E-state index contributed by atoms with van der Waals surface area (Å²) < 4.78 is 10.7. The lowest BCUT2D eigenvalue weighted by Gasteiger charge is -2.23. The second-order valence-corrected chi connectivity index (χ2v) is 5.74. The topological polar surface area (TPSA) is 89.1 Å². The van der Waals surface area contributed by atoms with E-state index in [0.29, 0.717) is 30.0 Å². The van der Waals surface area contributed by atoms with Gasteiger partial charge >= 0.3 is 0 Å². The van der Waals surface area contributed by atoms with Crippen molar-refractivity contribution in [1.29, 1.82) is 0 Å². The highest BCUT2D eigenvalue weighted by molar-refractivity contribution is 5.78. The minimum Gasteiger partial charge on any atom is -0.493 e. The highest BCUT2D eigenvalue weighted by Crippen LogP contribution is 2.28. The summed E-state index contributed by atoms with van der Waals surface area (Å²) in [4.78, 5) is 4.40. The van der Waals surface area contributed by atoms with Crippen molar-refractivity contribution >= 4 is 5.96 Å². The molecule has 0 amide bonds. The van der Waals surface area contributed by atoms with Crippen molar-refractivity contribution in [2.24, 2.45) is 10.7 Å². The second kappa shape index (κ2) is 9.25. The lowest BCUT2D eigenvalue weighted by molar-refractivity contribution is 0.196. The Hall–Kier alpha value is -1.95. The third kappa shape index (κ3) is 5.63. The molecule has 128 valence electrons. The molecule has 6 heteroatoms. The third-order valence-corrected chi connectivity index (χ3v) is 3.97. The van der Waals surface area contributed by atoms with Crippen LogP contribution in [0.3, 0.4) is 0 Å². The number of nitrogens with zero attached hydrogens (tertiary/aromatic N) is 1. The lowest BCUT2D eigenvalue weighted by Crippen LogP contribution is -2.41. The second-order valence-electron chi connectivity index (χ2n) is 5.74. The van der Waals surface area contributed by atoms with Gasteiger partial charge in [-0.15, -0.1) is 0 Å². The maximum atomic E-state index is 8.82. The maximum absolute atomic E-state index is 8.82. The Morgan fingerprint density at radius 1 is 1.30 bits per heavy atom. The van der Waals surface area contributed by atoms with Crippen LogP contribution < -0.4 is 20.5 Å². The average molecular weight is 321 g/mol. The molecule has 1 aliphatic carbocycles. The van der Waals surface area contributed by atoms with E-state index in [-0.39, 0.29) is 13.2 Å². The van der Waals surface area contributed by atoms with Gasteiger partial charge < -0.3 is 25.6 Å². The first kappa shape index (κ1) is 17.4. The summed E-state index contributed by atoms with van der Waals surface area (Å²) in [7, 11) is 1.59. The molecule has 2 rings (SSSR count). The lowest BCUT2D eigenvalue weighted by atomic mass is 9.96.